The van der Waals surface area contributed by atoms with Crippen LogP contribution in [0.5, 0.6) is 0 Å². The van der Waals surface area contributed by atoms with Gasteiger partial charge in [0.15, 0.2) is 0 Å². The third-order valence-corrected chi connectivity index (χ3v) is 5.85. The van der Waals surface area contributed by atoms with Gasteiger partial charge in [-0.15, -0.1) is 0 Å². The Balaban J connectivity index is 2.15. The van der Waals surface area contributed by atoms with Crippen molar-refractivity contribution in [1.29, 1.82) is 0 Å². The van der Waals surface area contributed by atoms with Crippen molar-refractivity contribution in [2.45, 2.75) is 38.9 Å². The molecule has 2 atom stereocenters. The molecule has 3 rings (SSSR count). The van der Waals surface area contributed by atoms with Crippen molar-refractivity contribution in [1.82, 2.24) is 4.90 Å². The van der Waals surface area contributed by atoms with Crippen LogP contribution in [0.2, 0.25) is 5.02 Å². The van der Waals surface area contributed by atoms with E-state index >= 15 is 0 Å². The van der Waals surface area contributed by atoms with Gasteiger partial charge >= 0.3 is 12.1 Å². The second-order valence-corrected chi connectivity index (χ2v) is 8.08. The number of halogens is 4. The van der Waals surface area contributed by atoms with Gasteiger partial charge in [0.25, 0.3) is 0 Å². The fourth-order valence-corrected chi connectivity index (χ4v) is 4.29. The second kappa shape index (κ2) is 8.36. The third kappa shape index (κ3) is 4.75. The van der Waals surface area contributed by atoms with E-state index in [9.17, 15) is 23.1 Å². The van der Waals surface area contributed by atoms with E-state index in [2.05, 4.69) is 0 Å². The van der Waals surface area contributed by atoms with Gasteiger partial charge in [-0.05, 0) is 68.1 Å². The molecule has 3 nitrogen and oxygen atoms in total. The number of nitrogens with zero attached hydrogens (tertiary/aromatic N) is 1. The van der Waals surface area contributed by atoms with Crippen LogP contribution < -0.4 is 0 Å². The summed E-state index contributed by atoms with van der Waals surface area (Å²) in [5.41, 5.74) is 2.39. The average Bonchev–Trinajstić information content (AvgIpc) is 2.64. The first kappa shape index (κ1) is 21.7. The van der Waals surface area contributed by atoms with Crippen molar-refractivity contribution in [3.05, 3.63) is 69.2 Å². The predicted molar refractivity (Wildman–Crippen MR) is 106 cm³/mol. The summed E-state index contributed by atoms with van der Waals surface area (Å²) in [6.07, 6.45) is -3.27. The lowest BCUT2D eigenvalue weighted by atomic mass is 9.88. The van der Waals surface area contributed by atoms with Gasteiger partial charge in [0.05, 0.1) is 17.5 Å². The summed E-state index contributed by atoms with van der Waals surface area (Å²) >= 11 is 6.38. The highest BCUT2D eigenvalue weighted by Gasteiger charge is 2.36. The van der Waals surface area contributed by atoms with Gasteiger partial charge in [0, 0.05) is 11.6 Å². The summed E-state index contributed by atoms with van der Waals surface area (Å²) in [6.45, 7) is 4.72. The minimum atomic E-state index is -4.49. The molecule has 0 bridgehead atoms. The quantitative estimate of drug-likeness (QED) is 0.666. The summed E-state index contributed by atoms with van der Waals surface area (Å²) < 4.78 is 40.1. The molecule has 0 saturated carbocycles. The third-order valence-electron chi connectivity index (χ3n) is 5.51. The average molecular weight is 426 g/mol. The number of carbonyl (C=O) groups is 1. The first-order chi connectivity index (χ1) is 13.6. The minimum absolute atomic E-state index is 0.237. The number of benzene rings is 2. The van der Waals surface area contributed by atoms with Gasteiger partial charge in [0.1, 0.15) is 0 Å². The number of likely N-dealkylation sites (tertiary alicyclic amines) is 1. The van der Waals surface area contributed by atoms with Crippen molar-refractivity contribution < 1.29 is 23.1 Å². The monoisotopic (exact) mass is 425 g/mol. The van der Waals surface area contributed by atoms with Crippen molar-refractivity contribution in [2.75, 3.05) is 13.1 Å². The molecule has 0 aromatic heterocycles. The van der Waals surface area contributed by atoms with Crippen molar-refractivity contribution >= 4 is 17.6 Å². The number of alkyl halides is 3. The predicted octanol–water partition coefficient (Wildman–Crippen LogP) is 5.86. The molecule has 29 heavy (non-hydrogen) atoms. The van der Waals surface area contributed by atoms with Crippen LogP contribution in [0.3, 0.4) is 0 Å². The minimum Gasteiger partial charge on any atom is -0.481 e. The normalized spacial score (nSPS) is 19.2. The number of carboxylic acids is 1. The Labute approximate surface area is 173 Å². The molecule has 1 aliphatic rings. The molecule has 2 aromatic carbocycles. The fourth-order valence-electron chi connectivity index (χ4n) is 4.07. The number of rotatable bonds is 4. The maximum Gasteiger partial charge on any atom is 0.416 e. The number of aryl methyl sites for hydroxylation is 2. The highest BCUT2D eigenvalue weighted by molar-refractivity contribution is 6.31. The van der Waals surface area contributed by atoms with Gasteiger partial charge < -0.3 is 5.11 Å². The van der Waals surface area contributed by atoms with Crippen molar-refractivity contribution in [2.24, 2.45) is 5.92 Å². The summed E-state index contributed by atoms with van der Waals surface area (Å²) in [5, 5.41) is 9.71. The Bertz CT molecular complexity index is 913. The highest BCUT2D eigenvalue weighted by Crippen LogP contribution is 2.40. The molecule has 0 amide bonds. The fraction of sp³-hybridized carbons (Fsp3) is 0.409. The topological polar surface area (TPSA) is 40.5 Å². The SMILES string of the molecule is Cc1ccc(C(c2cc(C(F)(F)F)ccc2Cl)N2CCCC(C(=O)O)C2)c(C)c1. The molecular weight excluding hydrogens is 403 g/mol. The Hall–Kier alpha value is -2.05. The molecule has 7 heteroatoms. The van der Waals surface area contributed by atoms with Crippen LogP contribution in [0, 0.1) is 19.8 Å². The Kier molecular flexibility index (Phi) is 6.24. The maximum atomic E-state index is 13.4. The molecule has 2 unspecified atom stereocenters. The standard InChI is InChI=1S/C22H23ClF3NO2/c1-13-5-7-17(14(2)10-13)20(27-9-3-4-15(12-27)21(28)29)18-11-16(22(24,25)26)6-8-19(18)23/h5-8,10-11,15,20H,3-4,9,12H2,1-2H3,(H,28,29). The van der Waals surface area contributed by atoms with Gasteiger partial charge in [-0.1, -0.05) is 35.4 Å². The van der Waals surface area contributed by atoms with E-state index in [-0.39, 0.29) is 11.6 Å². The lowest BCUT2D eigenvalue weighted by molar-refractivity contribution is -0.143. The molecule has 1 heterocycles. The smallest absolute Gasteiger partial charge is 0.416 e. The van der Waals surface area contributed by atoms with Crippen LogP contribution in [0.1, 0.15) is 46.7 Å². The van der Waals surface area contributed by atoms with Crippen LogP contribution >= 0.6 is 11.6 Å². The summed E-state index contributed by atoms with van der Waals surface area (Å²) in [5.74, 6) is -1.44. The summed E-state index contributed by atoms with van der Waals surface area (Å²) in [6, 6.07) is 8.58. The number of hydrogen-bond acceptors (Lipinski definition) is 2. The van der Waals surface area contributed by atoms with E-state index in [0.29, 0.717) is 24.9 Å². The number of carboxylic acid groups (broad SMARTS) is 1. The summed E-state index contributed by atoms with van der Waals surface area (Å²) in [4.78, 5) is 13.5. The van der Waals surface area contributed by atoms with E-state index in [1.165, 1.54) is 6.07 Å². The van der Waals surface area contributed by atoms with E-state index in [0.717, 1.165) is 28.8 Å². The van der Waals surface area contributed by atoms with Gasteiger partial charge in [-0.2, -0.15) is 13.2 Å². The Morgan fingerprint density at radius 3 is 2.52 bits per heavy atom. The molecular formula is C22H23ClF3NO2. The van der Waals surface area contributed by atoms with Crippen LogP contribution in [0.4, 0.5) is 13.2 Å². The molecule has 0 spiro atoms. The number of aliphatic carboxylic acids is 1. The van der Waals surface area contributed by atoms with Crippen LogP contribution in [-0.4, -0.2) is 29.1 Å². The van der Waals surface area contributed by atoms with Gasteiger partial charge in [0.2, 0.25) is 0 Å². The van der Waals surface area contributed by atoms with Crippen molar-refractivity contribution in [3.8, 4) is 0 Å². The molecule has 1 aliphatic heterocycles. The first-order valence-electron chi connectivity index (χ1n) is 9.48. The van der Waals surface area contributed by atoms with Crippen molar-refractivity contribution in [3.63, 3.8) is 0 Å². The van der Waals surface area contributed by atoms with Crippen LogP contribution in [0.25, 0.3) is 0 Å². The molecule has 0 aliphatic carbocycles. The number of hydrogen-bond donors (Lipinski definition) is 1. The zero-order chi connectivity index (χ0) is 21.3. The maximum absolute atomic E-state index is 13.4. The molecule has 2 aromatic rings. The summed E-state index contributed by atoms with van der Waals surface area (Å²) in [7, 11) is 0. The Morgan fingerprint density at radius 2 is 1.90 bits per heavy atom. The molecule has 1 fully saturated rings. The van der Waals surface area contributed by atoms with E-state index in [1.54, 1.807) is 0 Å². The molecule has 1 N–H and O–H groups in total. The van der Waals surface area contributed by atoms with Gasteiger partial charge in [-0.3, -0.25) is 9.69 Å². The number of piperidine rings is 1. The first-order valence-corrected chi connectivity index (χ1v) is 9.86. The van der Waals surface area contributed by atoms with E-state index < -0.39 is 29.7 Å². The molecule has 1 saturated heterocycles. The zero-order valence-corrected chi connectivity index (χ0v) is 17.0. The van der Waals surface area contributed by atoms with E-state index in [1.807, 2.05) is 36.9 Å². The van der Waals surface area contributed by atoms with Crippen LogP contribution in [-0.2, 0) is 11.0 Å². The van der Waals surface area contributed by atoms with E-state index in [4.69, 9.17) is 11.6 Å². The molecule has 156 valence electrons. The van der Waals surface area contributed by atoms with Crippen LogP contribution in [0.15, 0.2) is 36.4 Å². The lowest BCUT2D eigenvalue weighted by Gasteiger charge is -2.38. The largest absolute Gasteiger partial charge is 0.481 e. The zero-order valence-electron chi connectivity index (χ0n) is 16.3. The lowest BCUT2D eigenvalue weighted by Crippen LogP contribution is -2.41. The highest BCUT2D eigenvalue weighted by atomic mass is 35.5. The second-order valence-electron chi connectivity index (χ2n) is 7.67. The molecule has 0 radical (unpaired) electrons. The Morgan fingerprint density at radius 1 is 1.17 bits per heavy atom. The van der Waals surface area contributed by atoms with Gasteiger partial charge in [-0.25, -0.2) is 0 Å².